The summed E-state index contributed by atoms with van der Waals surface area (Å²) in [5.74, 6) is 0.564. The second-order valence-electron chi connectivity index (χ2n) is 4.79. The highest BCUT2D eigenvalue weighted by atomic mass is 16.3. The maximum Gasteiger partial charge on any atom is 0.194 e. The highest BCUT2D eigenvalue weighted by Gasteiger charge is 2.19. The lowest BCUT2D eigenvalue weighted by Crippen LogP contribution is -2.00. The number of furan rings is 1. The average Bonchev–Trinajstić information content (AvgIpc) is 3.23. The highest BCUT2D eigenvalue weighted by molar-refractivity contribution is 5.90. The van der Waals surface area contributed by atoms with Gasteiger partial charge in [0.25, 0.3) is 0 Å². The number of hydrogen-bond acceptors (Lipinski definition) is 4. The van der Waals surface area contributed by atoms with Crippen molar-refractivity contribution in [1.82, 2.24) is 15.0 Å². The van der Waals surface area contributed by atoms with E-state index in [9.17, 15) is 5.26 Å². The molecule has 0 N–H and O–H groups in total. The van der Waals surface area contributed by atoms with Crippen molar-refractivity contribution in [1.29, 1.82) is 5.26 Å². The normalized spacial score (nSPS) is 10.7. The van der Waals surface area contributed by atoms with E-state index in [4.69, 9.17) is 4.42 Å². The molecule has 2 aromatic carbocycles. The first-order valence-corrected chi connectivity index (χ1v) is 6.76. The Kier molecular flexibility index (Phi) is 2.73. The number of nitriles is 1. The lowest BCUT2D eigenvalue weighted by atomic mass is 10.1. The van der Waals surface area contributed by atoms with E-state index in [1.807, 2.05) is 42.5 Å². The topological polar surface area (TPSA) is 67.6 Å². The van der Waals surface area contributed by atoms with E-state index in [2.05, 4.69) is 16.4 Å². The molecule has 2 heterocycles. The first kappa shape index (κ1) is 12.4. The van der Waals surface area contributed by atoms with Crippen LogP contribution in [0.1, 0.15) is 5.69 Å². The molecule has 0 radical (unpaired) electrons. The molecule has 2 aromatic heterocycles. The van der Waals surface area contributed by atoms with E-state index in [0.717, 1.165) is 16.5 Å². The number of aromatic nitrogens is 3. The number of benzene rings is 2. The molecular formula is C17H10N4O. The number of rotatable bonds is 2. The Morgan fingerprint density at radius 1 is 1.00 bits per heavy atom. The van der Waals surface area contributed by atoms with E-state index in [0.29, 0.717) is 11.5 Å². The molecule has 0 bridgehead atoms. The van der Waals surface area contributed by atoms with Gasteiger partial charge in [-0.05, 0) is 23.6 Å². The van der Waals surface area contributed by atoms with Crippen LogP contribution in [0, 0.1) is 11.3 Å². The maximum absolute atomic E-state index is 9.28. The van der Waals surface area contributed by atoms with Crippen LogP contribution in [0.4, 0.5) is 0 Å². The number of nitrogens with zero attached hydrogens (tertiary/aromatic N) is 4. The zero-order valence-electron chi connectivity index (χ0n) is 11.5. The van der Waals surface area contributed by atoms with Crippen molar-refractivity contribution in [2.24, 2.45) is 0 Å². The van der Waals surface area contributed by atoms with Crippen LogP contribution in [-0.4, -0.2) is 15.0 Å². The summed E-state index contributed by atoms with van der Waals surface area (Å²) in [5.41, 5.74) is 1.66. The lowest BCUT2D eigenvalue weighted by Gasteiger charge is -2.08. The van der Waals surface area contributed by atoms with E-state index in [-0.39, 0.29) is 5.69 Å². The van der Waals surface area contributed by atoms with E-state index < -0.39 is 0 Å². The Hall–Kier alpha value is -3.39. The second kappa shape index (κ2) is 4.86. The van der Waals surface area contributed by atoms with Crippen LogP contribution in [0.3, 0.4) is 0 Å². The molecule has 104 valence electrons. The minimum Gasteiger partial charge on any atom is -0.463 e. The van der Waals surface area contributed by atoms with Crippen molar-refractivity contribution in [2.75, 3.05) is 0 Å². The molecule has 4 rings (SSSR count). The molecule has 0 fully saturated rings. The first-order valence-electron chi connectivity index (χ1n) is 6.76. The largest absolute Gasteiger partial charge is 0.463 e. The van der Waals surface area contributed by atoms with Crippen LogP contribution in [0.25, 0.3) is 27.9 Å². The third-order valence-electron chi connectivity index (χ3n) is 3.53. The summed E-state index contributed by atoms with van der Waals surface area (Å²) < 4.78 is 7.10. The second-order valence-corrected chi connectivity index (χ2v) is 4.79. The van der Waals surface area contributed by atoms with Gasteiger partial charge in [0.05, 0.1) is 12.0 Å². The molecule has 5 heteroatoms. The average molecular weight is 286 g/mol. The fourth-order valence-electron chi connectivity index (χ4n) is 2.55. The molecule has 0 unspecified atom stereocenters. The van der Waals surface area contributed by atoms with Crippen LogP contribution in [0.15, 0.2) is 65.3 Å². The fraction of sp³-hybridized carbons (Fsp3) is 0. The van der Waals surface area contributed by atoms with Gasteiger partial charge in [0.1, 0.15) is 11.8 Å². The predicted octanol–water partition coefficient (Wildman–Crippen LogP) is 3.55. The van der Waals surface area contributed by atoms with Gasteiger partial charge < -0.3 is 4.42 Å². The van der Waals surface area contributed by atoms with Crippen molar-refractivity contribution in [3.63, 3.8) is 0 Å². The predicted molar refractivity (Wildman–Crippen MR) is 81.3 cm³/mol. The van der Waals surface area contributed by atoms with E-state index in [1.165, 1.54) is 0 Å². The maximum atomic E-state index is 9.28. The molecule has 0 aliphatic rings. The van der Waals surface area contributed by atoms with Crippen molar-refractivity contribution in [3.05, 3.63) is 66.6 Å². The standard InChI is InChI=1S/C17H10N4O/c18-11-14-17(16-9-4-10-22-16)21(20-19-14)15-8-3-6-12-5-1-2-7-13(12)15/h1-10H. The van der Waals surface area contributed by atoms with Gasteiger partial charge in [-0.3, -0.25) is 0 Å². The van der Waals surface area contributed by atoms with Crippen LogP contribution in [-0.2, 0) is 0 Å². The monoisotopic (exact) mass is 286 g/mol. The van der Waals surface area contributed by atoms with Crippen molar-refractivity contribution >= 4 is 10.8 Å². The third-order valence-corrected chi connectivity index (χ3v) is 3.53. The molecule has 4 aromatic rings. The molecule has 22 heavy (non-hydrogen) atoms. The summed E-state index contributed by atoms with van der Waals surface area (Å²) >= 11 is 0. The summed E-state index contributed by atoms with van der Waals surface area (Å²) in [4.78, 5) is 0. The van der Waals surface area contributed by atoms with Crippen LogP contribution >= 0.6 is 0 Å². The van der Waals surface area contributed by atoms with Gasteiger partial charge in [-0.1, -0.05) is 41.6 Å². The minimum atomic E-state index is 0.239. The van der Waals surface area contributed by atoms with Crippen molar-refractivity contribution in [2.45, 2.75) is 0 Å². The van der Waals surface area contributed by atoms with Crippen molar-refractivity contribution in [3.8, 4) is 23.2 Å². The molecule has 0 saturated carbocycles. The molecule has 0 spiro atoms. The molecule has 0 aliphatic carbocycles. The lowest BCUT2D eigenvalue weighted by molar-refractivity contribution is 0.576. The summed E-state index contributed by atoms with van der Waals surface area (Å²) in [6, 6.07) is 19.6. The summed E-state index contributed by atoms with van der Waals surface area (Å²) in [6.07, 6.45) is 1.57. The Labute approximate surface area is 126 Å². The Morgan fingerprint density at radius 2 is 1.86 bits per heavy atom. The van der Waals surface area contributed by atoms with Gasteiger partial charge >= 0.3 is 0 Å². The molecule has 5 nitrogen and oxygen atoms in total. The van der Waals surface area contributed by atoms with Gasteiger partial charge in [-0.2, -0.15) is 5.26 Å². The molecule has 0 saturated heterocycles. The molecule has 0 aliphatic heterocycles. The third kappa shape index (κ3) is 1.79. The van der Waals surface area contributed by atoms with E-state index in [1.54, 1.807) is 23.1 Å². The molecule has 0 atom stereocenters. The van der Waals surface area contributed by atoms with E-state index >= 15 is 0 Å². The van der Waals surface area contributed by atoms with Gasteiger partial charge in [0.2, 0.25) is 0 Å². The summed E-state index contributed by atoms with van der Waals surface area (Å²) in [6.45, 7) is 0. The molecular weight excluding hydrogens is 276 g/mol. The Balaban J connectivity index is 2.05. The number of hydrogen-bond donors (Lipinski definition) is 0. The molecule has 0 amide bonds. The van der Waals surface area contributed by atoms with Crippen molar-refractivity contribution < 1.29 is 4.42 Å². The van der Waals surface area contributed by atoms with Gasteiger partial charge in [0, 0.05) is 5.39 Å². The quantitative estimate of drug-likeness (QED) is 0.565. The van der Waals surface area contributed by atoms with Crippen LogP contribution in [0.5, 0.6) is 0 Å². The SMILES string of the molecule is N#Cc1nnn(-c2cccc3ccccc23)c1-c1ccco1. The van der Waals surface area contributed by atoms with Gasteiger partial charge in [-0.15, -0.1) is 5.10 Å². The summed E-state index contributed by atoms with van der Waals surface area (Å²) in [7, 11) is 0. The van der Waals surface area contributed by atoms with Gasteiger partial charge in [0.15, 0.2) is 11.5 Å². The van der Waals surface area contributed by atoms with Crippen LogP contribution in [0.2, 0.25) is 0 Å². The zero-order valence-corrected chi connectivity index (χ0v) is 11.5. The first-order chi connectivity index (χ1) is 10.9. The summed E-state index contributed by atoms with van der Waals surface area (Å²) in [5, 5.41) is 19.5. The Morgan fingerprint density at radius 3 is 2.68 bits per heavy atom. The fourth-order valence-corrected chi connectivity index (χ4v) is 2.55. The Bertz CT molecular complexity index is 988. The number of fused-ring (bicyclic) bond motifs is 1. The zero-order chi connectivity index (χ0) is 14.9. The van der Waals surface area contributed by atoms with Crippen LogP contribution < -0.4 is 0 Å². The smallest absolute Gasteiger partial charge is 0.194 e. The highest BCUT2D eigenvalue weighted by Crippen LogP contribution is 2.29. The minimum absolute atomic E-state index is 0.239. The van der Waals surface area contributed by atoms with Gasteiger partial charge in [-0.25, -0.2) is 4.68 Å².